The van der Waals surface area contributed by atoms with Crippen LogP contribution in [0.5, 0.6) is 5.75 Å². The number of hydrogen-bond donors (Lipinski definition) is 1. The molecule has 94 valence electrons. The fourth-order valence-electron chi connectivity index (χ4n) is 1.82. The van der Waals surface area contributed by atoms with Crippen LogP contribution in [0.2, 0.25) is 10.0 Å². The highest BCUT2D eigenvalue weighted by molar-refractivity contribution is 9.10. The third-order valence-corrected chi connectivity index (χ3v) is 4.31. The van der Waals surface area contributed by atoms with Crippen molar-refractivity contribution in [3.05, 3.63) is 26.7 Å². The predicted octanol–water partition coefficient (Wildman–Crippen LogP) is 3.25. The van der Waals surface area contributed by atoms with Crippen molar-refractivity contribution in [2.24, 2.45) is 5.73 Å². The number of ether oxygens (including phenoxy) is 2. The van der Waals surface area contributed by atoms with Gasteiger partial charge in [-0.15, -0.1) is 0 Å². The summed E-state index contributed by atoms with van der Waals surface area (Å²) < 4.78 is 11.7. The van der Waals surface area contributed by atoms with Crippen LogP contribution in [0.25, 0.3) is 0 Å². The molecule has 3 unspecified atom stereocenters. The van der Waals surface area contributed by atoms with E-state index in [0.717, 1.165) is 10.9 Å². The molecule has 0 aromatic heterocycles. The van der Waals surface area contributed by atoms with E-state index in [-0.39, 0.29) is 18.2 Å². The fourth-order valence-corrected chi connectivity index (χ4v) is 2.65. The topological polar surface area (TPSA) is 44.5 Å². The average molecular weight is 341 g/mol. The maximum Gasteiger partial charge on any atom is 0.140 e. The first-order valence-corrected chi connectivity index (χ1v) is 6.67. The van der Waals surface area contributed by atoms with Gasteiger partial charge in [0.25, 0.3) is 0 Å². The molecule has 2 N–H and O–H groups in total. The van der Waals surface area contributed by atoms with Gasteiger partial charge in [0.1, 0.15) is 18.0 Å². The van der Waals surface area contributed by atoms with Crippen LogP contribution in [0, 0.1) is 0 Å². The summed E-state index contributed by atoms with van der Waals surface area (Å²) >= 11 is 15.4. The van der Waals surface area contributed by atoms with Crippen LogP contribution in [-0.2, 0) is 4.74 Å². The van der Waals surface area contributed by atoms with E-state index in [0.29, 0.717) is 15.8 Å². The molecule has 6 heteroatoms. The lowest BCUT2D eigenvalue weighted by molar-refractivity contribution is -0.0781. The van der Waals surface area contributed by atoms with Crippen molar-refractivity contribution in [2.75, 3.05) is 7.11 Å². The maximum absolute atomic E-state index is 6.07. The molecule has 0 aliphatic heterocycles. The van der Waals surface area contributed by atoms with Crippen LogP contribution in [0.4, 0.5) is 0 Å². The minimum Gasteiger partial charge on any atom is -0.486 e. The van der Waals surface area contributed by atoms with Crippen molar-refractivity contribution in [3.8, 4) is 5.75 Å². The average Bonchev–Trinajstić information content (AvgIpc) is 2.25. The Morgan fingerprint density at radius 3 is 2.65 bits per heavy atom. The van der Waals surface area contributed by atoms with E-state index in [9.17, 15) is 0 Å². The van der Waals surface area contributed by atoms with Crippen LogP contribution in [0.3, 0.4) is 0 Å². The van der Waals surface area contributed by atoms with Gasteiger partial charge in [0.05, 0.1) is 10.0 Å². The van der Waals surface area contributed by atoms with E-state index < -0.39 is 0 Å². The van der Waals surface area contributed by atoms with Crippen LogP contribution in [-0.4, -0.2) is 25.4 Å². The quantitative estimate of drug-likeness (QED) is 0.859. The Labute approximate surface area is 118 Å². The summed E-state index contributed by atoms with van der Waals surface area (Å²) in [4.78, 5) is 0. The molecule has 0 bridgehead atoms. The fraction of sp³-hybridized carbons (Fsp3) is 0.455. The Hall–Kier alpha value is -0.0000000000000000555. The van der Waals surface area contributed by atoms with E-state index in [1.165, 1.54) is 0 Å². The SMILES string of the molecule is COC1C(N)CC1Oc1cc(Cl)c(Br)cc1Cl. The highest BCUT2D eigenvalue weighted by Crippen LogP contribution is 2.37. The molecule has 2 rings (SSSR count). The molecule has 0 heterocycles. The van der Waals surface area contributed by atoms with Crippen molar-refractivity contribution in [1.29, 1.82) is 0 Å². The number of nitrogens with two attached hydrogens (primary N) is 1. The van der Waals surface area contributed by atoms with Crippen LogP contribution >= 0.6 is 39.1 Å². The molecule has 3 nitrogen and oxygen atoms in total. The summed E-state index contributed by atoms with van der Waals surface area (Å²) in [5.74, 6) is 0.554. The predicted molar refractivity (Wildman–Crippen MR) is 72.0 cm³/mol. The standard InChI is InChI=1S/C11H12BrCl2NO2/c1-16-11-8(15)4-10(11)17-9-3-6(13)5(12)2-7(9)14/h2-3,8,10-11H,4,15H2,1H3. The molecular weight excluding hydrogens is 329 g/mol. The lowest BCUT2D eigenvalue weighted by atomic mass is 9.86. The Kier molecular flexibility index (Phi) is 4.21. The molecule has 0 saturated heterocycles. The molecular formula is C11H12BrCl2NO2. The van der Waals surface area contributed by atoms with Gasteiger partial charge in [0.2, 0.25) is 0 Å². The third-order valence-electron chi connectivity index (χ3n) is 2.82. The Morgan fingerprint density at radius 2 is 2.06 bits per heavy atom. The second-order valence-electron chi connectivity index (χ2n) is 3.95. The van der Waals surface area contributed by atoms with Crippen LogP contribution < -0.4 is 10.5 Å². The normalized spacial score (nSPS) is 27.7. The molecule has 17 heavy (non-hydrogen) atoms. The minimum absolute atomic E-state index is 0.0229. The summed E-state index contributed by atoms with van der Waals surface area (Å²) in [6, 6.07) is 3.42. The summed E-state index contributed by atoms with van der Waals surface area (Å²) in [5.41, 5.74) is 5.80. The molecule has 1 fully saturated rings. The first kappa shape index (κ1) is 13.4. The molecule has 1 aromatic carbocycles. The van der Waals surface area contributed by atoms with Crippen molar-refractivity contribution >= 4 is 39.1 Å². The zero-order valence-corrected chi connectivity index (χ0v) is 12.2. The lowest BCUT2D eigenvalue weighted by Crippen LogP contribution is -2.59. The molecule has 1 aliphatic carbocycles. The molecule has 0 radical (unpaired) electrons. The Balaban J connectivity index is 2.12. The van der Waals surface area contributed by atoms with Crippen molar-refractivity contribution in [3.63, 3.8) is 0 Å². The van der Waals surface area contributed by atoms with Gasteiger partial charge in [-0.1, -0.05) is 23.2 Å². The maximum atomic E-state index is 6.07. The van der Waals surface area contributed by atoms with Crippen LogP contribution in [0.15, 0.2) is 16.6 Å². The first-order valence-electron chi connectivity index (χ1n) is 5.12. The molecule has 1 saturated carbocycles. The van der Waals surface area contributed by atoms with Gasteiger partial charge in [0, 0.05) is 30.1 Å². The van der Waals surface area contributed by atoms with Gasteiger partial charge in [-0.3, -0.25) is 0 Å². The highest BCUT2D eigenvalue weighted by Gasteiger charge is 2.41. The zero-order chi connectivity index (χ0) is 12.6. The van der Waals surface area contributed by atoms with E-state index in [4.69, 9.17) is 38.4 Å². The lowest BCUT2D eigenvalue weighted by Gasteiger charge is -2.41. The van der Waals surface area contributed by atoms with Gasteiger partial charge >= 0.3 is 0 Å². The number of benzene rings is 1. The van der Waals surface area contributed by atoms with Gasteiger partial charge < -0.3 is 15.2 Å². The monoisotopic (exact) mass is 339 g/mol. The van der Waals surface area contributed by atoms with Gasteiger partial charge in [-0.05, 0) is 22.0 Å². The third kappa shape index (κ3) is 2.71. The van der Waals surface area contributed by atoms with E-state index >= 15 is 0 Å². The number of halogens is 3. The Bertz CT molecular complexity index is 430. The van der Waals surface area contributed by atoms with Gasteiger partial charge in [0.15, 0.2) is 0 Å². The number of hydrogen-bond acceptors (Lipinski definition) is 3. The number of methoxy groups -OCH3 is 1. The summed E-state index contributed by atoms with van der Waals surface area (Å²) in [6.45, 7) is 0. The molecule has 0 spiro atoms. The van der Waals surface area contributed by atoms with Crippen molar-refractivity contribution < 1.29 is 9.47 Å². The molecule has 1 aromatic rings. The summed E-state index contributed by atoms with van der Waals surface area (Å²) in [5, 5.41) is 1.07. The summed E-state index contributed by atoms with van der Waals surface area (Å²) in [7, 11) is 1.62. The van der Waals surface area contributed by atoms with E-state index in [1.807, 2.05) is 0 Å². The second kappa shape index (κ2) is 5.33. The smallest absolute Gasteiger partial charge is 0.140 e. The van der Waals surface area contributed by atoms with E-state index in [1.54, 1.807) is 19.2 Å². The molecule has 1 aliphatic rings. The second-order valence-corrected chi connectivity index (χ2v) is 5.62. The molecule has 3 atom stereocenters. The van der Waals surface area contributed by atoms with Crippen molar-refractivity contribution in [1.82, 2.24) is 0 Å². The van der Waals surface area contributed by atoms with Gasteiger partial charge in [-0.25, -0.2) is 0 Å². The zero-order valence-electron chi connectivity index (χ0n) is 9.12. The summed E-state index contributed by atoms with van der Waals surface area (Å²) in [6.07, 6.45) is 0.598. The van der Waals surface area contributed by atoms with Crippen molar-refractivity contribution in [2.45, 2.75) is 24.7 Å². The largest absolute Gasteiger partial charge is 0.486 e. The number of rotatable bonds is 3. The van der Waals surface area contributed by atoms with Gasteiger partial charge in [-0.2, -0.15) is 0 Å². The first-order chi connectivity index (χ1) is 8.02. The highest BCUT2D eigenvalue weighted by atomic mass is 79.9. The van der Waals surface area contributed by atoms with Crippen LogP contribution in [0.1, 0.15) is 6.42 Å². The molecule has 0 amide bonds. The Morgan fingerprint density at radius 1 is 1.35 bits per heavy atom. The minimum atomic E-state index is -0.0894. The van der Waals surface area contributed by atoms with E-state index in [2.05, 4.69) is 15.9 Å².